The van der Waals surface area contributed by atoms with Gasteiger partial charge in [0.15, 0.2) is 5.96 Å². The minimum atomic E-state index is -0.0750. The van der Waals surface area contributed by atoms with Crippen molar-refractivity contribution in [3.8, 4) is 17.2 Å². The lowest BCUT2D eigenvalue weighted by Crippen LogP contribution is -2.46. The molecule has 2 aliphatic rings. The molecule has 1 aliphatic carbocycles. The van der Waals surface area contributed by atoms with Gasteiger partial charge in [0.05, 0.1) is 19.7 Å². The maximum Gasteiger partial charge on any atom is 0.192 e. The van der Waals surface area contributed by atoms with Crippen molar-refractivity contribution >= 4 is 29.9 Å². The van der Waals surface area contributed by atoms with Crippen molar-refractivity contribution in [3.63, 3.8) is 0 Å². The molecule has 0 saturated heterocycles. The predicted molar refractivity (Wildman–Crippen MR) is 134 cm³/mol. The van der Waals surface area contributed by atoms with E-state index in [9.17, 15) is 5.11 Å². The van der Waals surface area contributed by atoms with Gasteiger partial charge in [-0.1, -0.05) is 18.2 Å². The van der Waals surface area contributed by atoms with Crippen molar-refractivity contribution in [2.24, 2.45) is 4.99 Å². The van der Waals surface area contributed by atoms with Gasteiger partial charge in [0, 0.05) is 24.1 Å². The third kappa shape index (κ3) is 5.37. The van der Waals surface area contributed by atoms with E-state index in [4.69, 9.17) is 14.5 Å². The summed E-state index contributed by atoms with van der Waals surface area (Å²) < 4.78 is 11.7. The van der Waals surface area contributed by atoms with Crippen molar-refractivity contribution in [2.45, 2.75) is 57.2 Å². The second kappa shape index (κ2) is 10.4. The summed E-state index contributed by atoms with van der Waals surface area (Å²) in [5, 5.41) is 17.2. The Morgan fingerprint density at radius 3 is 2.74 bits per heavy atom. The van der Waals surface area contributed by atoms with Gasteiger partial charge < -0.3 is 25.2 Å². The second-order valence-corrected chi connectivity index (χ2v) is 8.12. The first-order valence-electron chi connectivity index (χ1n) is 10.8. The number of nitrogens with zero attached hydrogens (tertiary/aromatic N) is 1. The van der Waals surface area contributed by atoms with Crippen LogP contribution in [0, 0.1) is 0 Å². The number of methoxy groups -OCH3 is 1. The number of hydrogen-bond donors (Lipinski definition) is 3. The third-order valence-corrected chi connectivity index (χ3v) is 6.06. The van der Waals surface area contributed by atoms with Crippen LogP contribution >= 0.6 is 24.0 Å². The van der Waals surface area contributed by atoms with Gasteiger partial charge in [-0.3, -0.25) is 0 Å². The van der Waals surface area contributed by atoms with Crippen LogP contribution in [0.5, 0.6) is 17.2 Å². The quantitative estimate of drug-likeness (QED) is 0.287. The summed E-state index contributed by atoms with van der Waals surface area (Å²) in [7, 11) is 1.62. The standard InChI is InChI=1S/C24H31N3O3.HI/c1-3-25-23(26-16-17-14-18(29-2)10-11-21(17)28)27-20-15-24(12-6-7-13-24)30-22-9-5-4-8-19(20)22;/h4-5,8-11,14,20,28H,3,6-7,12-13,15-16H2,1-2H3,(H2,25,26,27);1H. The smallest absolute Gasteiger partial charge is 0.192 e. The van der Waals surface area contributed by atoms with Crippen molar-refractivity contribution in [3.05, 3.63) is 53.6 Å². The number of phenols is 1. The monoisotopic (exact) mass is 537 g/mol. The van der Waals surface area contributed by atoms with Gasteiger partial charge in [0.2, 0.25) is 0 Å². The fraction of sp³-hybridized carbons (Fsp3) is 0.458. The van der Waals surface area contributed by atoms with E-state index in [1.807, 2.05) is 12.1 Å². The predicted octanol–water partition coefficient (Wildman–Crippen LogP) is 4.91. The number of aliphatic imine (C=N–C) groups is 1. The molecular weight excluding hydrogens is 505 g/mol. The van der Waals surface area contributed by atoms with Crippen LogP contribution in [0.1, 0.15) is 56.2 Å². The molecule has 2 aromatic rings. The number of rotatable bonds is 5. The molecule has 0 amide bonds. The number of halogens is 1. The number of ether oxygens (including phenoxy) is 2. The minimum Gasteiger partial charge on any atom is -0.508 e. The molecule has 168 valence electrons. The van der Waals surface area contributed by atoms with E-state index in [0.29, 0.717) is 12.3 Å². The fourth-order valence-corrected chi connectivity index (χ4v) is 4.54. The molecule has 4 rings (SSSR count). The molecule has 2 aromatic carbocycles. The van der Waals surface area contributed by atoms with Gasteiger partial charge >= 0.3 is 0 Å². The fourth-order valence-electron chi connectivity index (χ4n) is 4.54. The molecule has 0 bridgehead atoms. The SMILES string of the molecule is CCNC(=NCc1cc(OC)ccc1O)NC1CC2(CCCC2)Oc2ccccc21.I. The van der Waals surface area contributed by atoms with Gasteiger partial charge in [0.25, 0.3) is 0 Å². The zero-order valence-corrected chi connectivity index (χ0v) is 20.5. The van der Waals surface area contributed by atoms with Crippen LogP contribution in [0.2, 0.25) is 0 Å². The Hall–Kier alpha value is -2.16. The topological polar surface area (TPSA) is 75.1 Å². The first-order chi connectivity index (χ1) is 14.6. The molecule has 1 aliphatic heterocycles. The van der Waals surface area contributed by atoms with Gasteiger partial charge in [-0.25, -0.2) is 4.99 Å². The van der Waals surface area contributed by atoms with Crippen LogP contribution < -0.4 is 20.1 Å². The minimum absolute atomic E-state index is 0. The van der Waals surface area contributed by atoms with Gasteiger partial charge in [-0.05, 0) is 56.9 Å². The number of benzene rings is 2. The summed E-state index contributed by atoms with van der Waals surface area (Å²) >= 11 is 0. The van der Waals surface area contributed by atoms with Crippen molar-refractivity contribution < 1.29 is 14.6 Å². The van der Waals surface area contributed by atoms with E-state index in [-0.39, 0.29) is 41.4 Å². The van der Waals surface area contributed by atoms with Crippen LogP contribution in [0.15, 0.2) is 47.5 Å². The molecule has 1 heterocycles. The first-order valence-corrected chi connectivity index (χ1v) is 10.8. The molecule has 0 aromatic heterocycles. The highest BCUT2D eigenvalue weighted by Crippen LogP contribution is 2.46. The number of para-hydroxylation sites is 1. The van der Waals surface area contributed by atoms with E-state index in [0.717, 1.165) is 43.1 Å². The normalized spacial score (nSPS) is 19.2. The maximum absolute atomic E-state index is 10.2. The molecule has 1 unspecified atom stereocenters. The Kier molecular flexibility index (Phi) is 7.91. The maximum atomic E-state index is 10.2. The number of fused-ring (bicyclic) bond motifs is 1. The molecule has 1 fully saturated rings. The van der Waals surface area contributed by atoms with E-state index in [2.05, 4.69) is 35.8 Å². The number of nitrogens with one attached hydrogen (secondary N) is 2. The van der Waals surface area contributed by atoms with Crippen LogP contribution in [0.4, 0.5) is 0 Å². The molecule has 7 heteroatoms. The van der Waals surface area contributed by atoms with Crippen LogP contribution in [-0.4, -0.2) is 30.3 Å². The average molecular weight is 537 g/mol. The van der Waals surface area contributed by atoms with Gasteiger partial charge in [-0.2, -0.15) is 0 Å². The lowest BCUT2D eigenvalue weighted by molar-refractivity contribution is 0.0396. The summed E-state index contributed by atoms with van der Waals surface area (Å²) in [6, 6.07) is 13.6. The van der Waals surface area contributed by atoms with Crippen LogP contribution in [0.3, 0.4) is 0 Å². The lowest BCUT2D eigenvalue weighted by atomic mass is 9.86. The Bertz CT molecular complexity index is 913. The summed E-state index contributed by atoms with van der Waals surface area (Å²) in [6.45, 7) is 3.16. The highest BCUT2D eigenvalue weighted by Gasteiger charge is 2.43. The summed E-state index contributed by atoms with van der Waals surface area (Å²) in [5.74, 6) is 2.63. The second-order valence-electron chi connectivity index (χ2n) is 8.12. The molecule has 1 atom stereocenters. The average Bonchev–Trinajstić information content (AvgIpc) is 3.20. The molecule has 0 radical (unpaired) electrons. The van der Waals surface area contributed by atoms with Gasteiger partial charge in [0.1, 0.15) is 22.8 Å². The van der Waals surface area contributed by atoms with Crippen molar-refractivity contribution in [2.75, 3.05) is 13.7 Å². The van der Waals surface area contributed by atoms with Gasteiger partial charge in [-0.15, -0.1) is 24.0 Å². The zero-order chi connectivity index (χ0) is 21.0. The summed E-state index contributed by atoms with van der Waals surface area (Å²) in [5.41, 5.74) is 1.82. The number of phenolic OH excluding ortho intramolecular Hbond substituents is 1. The Morgan fingerprint density at radius 2 is 2.00 bits per heavy atom. The van der Waals surface area contributed by atoms with Crippen molar-refractivity contribution in [1.82, 2.24) is 10.6 Å². The zero-order valence-electron chi connectivity index (χ0n) is 18.2. The third-order valence-electron chi connectivity index (χ3n) is 6.06. The highest BCUT2D eigenvalue weighted by molar-refractivity contribution is 14.0. The van der Waals surface area contributed by atoms with E-state index >= 15 is 0 Å². The van der Waals surface area contributed by atoms with Crippen LogP contribution in [-0.2, 0) is 6.54 Å². The van der Waals surface area contributed by atoms with Crippen LogP contribution in [0.25, 0.3) is 0 Å². The van der Waals surface area contributed by atoms with Crippen molar-refractivity contribution in [1.29, 1.82) is 0 Å². The van der Waals surface area contributed by atoms with E-state index in [1.54, 1.807) is 19.2 Å². The Balaban J connectivity index is 0.00000272. The summed E-state index contributed by atoms with van der Waals surface area (Å²) in [6.07, 6.45) is 5.57. The molecule has 31 heavy (non-hydrogen) atoms. The largest absolute Gasteiger partial charge is 0.508 e. The first kappa shape index (κ1) is 23.5. The Morgan fingerprint density at radius 1 is 1.23 bits per heavy atom. The molecule has 1 saturated carbocycles. The highest BCUT2D eigenvalue weighted by atomic mass is 127. The number of aromatic hydroxyl groups is 1. The molecule has 1 spiro atoms. The number of hydrogen-bond acceptors (Lipinski definition) is 4. The summed E-state index contributed by atoms with van der Waals surface area (Å²) in [4.78, 5) is 4.74. The number of guanidine groups is 1. The Labute approximate surface area is 201 Å². The molecule has 3 N–H and O–H groups in total. The van der Waals surface area contributed by atoms with E-state index in [1.165, 1.54) is 18.4 Å². The molecule has 6 nitrogen and oxygen atoms in total. The van der Waals surface area contributed by atoms with E-state index < -0.39 is 0 Å². The lowest BCUT2D eigenvalue weighted by Gasteiger charge is -2.40. The molecular formula is C24H32IN3O3.